The molecule has 6 nitrogen and oxygen atoms in total. The summed E-state index contributed by atoms with van der Waals surface area (Å²) in [7, 11) is 1.71. The number of hydrogen-bond acceptors (Lipinski definition) is 4. The number of nitrogens with zero attached hydrogens (tertiary/aromatic N) is 3. The molecule has 0 saturated heterocycles. The molecule has 0 bridgehead atoms. The van der Waals surface area contributed by atoms with Gasteiger partial charge in [-0.2, -0.15) is 0 Å². The van der Waals surface area contributed by atoms with Crippen LogP contribution in [0.25, 0.3) is 0 Å². The number of nitrogens with two attached hydrogens (primary N) is 1. The first-order valence-electron chi connectivity index (χ1n) is 3.43. The second kappa shape index (κ2) is 3.31. The van der Waals surface area contributed by atoms with Gasteiger partial charge in [-0.1, -0.05) is 5.21 Å². The molecule has 0 radical (unpaired) electrons. The van der Waals surface area contributed by atoms with E-state index >= 15 is 0 Å². The van der Waals surface area contributed by atoms with Crippen LogP contribution in [0.3, 0.4) is 0 Å². The standard InChI is InChI=1S/C6H10N4O2/c1-10-3-4(8-9-10)2-5(7)6(11)12/h3,5H,2,7H2,1H3,(H,11,12)/t5-/m0/s1. The Bertz CT molecular complexity index is 283. The van der Waals surface area contributed by atoms with E-state index in [1.807, 2.05) is 0 Å². The zero-order valence-electron chi connectivity index (χ0n) is 6.64. The maximum absolute atomic E-state index is 10.3. The van der Waals surface area contributed by atoms with Crippen LogP contribution in [0.2, 0.25) is 0 Å². The maximum atomic E-state index is 10.3. The number of aromatic nitrogens is 3. The van der Waals surface area contributed by atoms with E-state index in [0.29, 0.717) is 5.69 Å². The van der Waals surface area contributed by atoms with Gasteiger partial charge in [0.1, 0.15) is 6.04 Å². The summed E-state index contributed by atoms with van der Waals surface area (Å²) < 4.78 is 1.50. The van der Waals surface area contributed by atoms with Crippen LogP contribution in [0.4, 0.5) is 0 Å². The van der Waals surface area contributed by atoms with E-state index in [4.69, 9.17) is 10.8 Å². The summed E-state index contributed by atoms with van der Waals surface area (Å²) in [5.74, 6) is -1.03. The second-order valence-corrected chi connectivity index (χ2v) is 2.53. The first-order chi connectivity index (χ1) is 5.59. The number of aryl methyl sites for hydroxylation is 1. The molecule has 0 spiro atoms. The summed E-state index contributed by atoms with van der Waals surface area (Å²) >= 11 is 0. The molecule has 0 aliphatic rings. The third kappa shape index (κ3) is 2.03. The number of carboxylic acid groups (broad SMARTS) is 1. The van der Waals surface area contributed by atoms with Crippen LogP contribution in [0, 0.1) is 0 Å². The molecule has 1 atom stereocenters. The van der Waals surface area contributed by atoms with Gasteiger partial charge in [0.05, 0.1) is 5.69 Å². The minimum absolute atomic E-state index is 0.211. The minimum Gasteiger partial charge on any atom is -0.480 e. The highest BCUT2D eigenvalue weighted by Gasteiger charge is 2.13. The Morgan fingerprint density at radius 2 is 2.58 bits per heavy atom. The molecule has 1 aromatic rings. The Balaban J connectivity index is 2.58. The molecule has 0 unspecified atom stereocenters. The normalized spacial score (nSPS) is 12.8. The van der Waals surface area contributed by atoms with Crippen LogP contribution in [0.1, 0.15) is 5.69 Å². The second-order valence-electron chi connectivity index (χ2n) is 2.53. The fourth-order valence-electron chi connectivity index (χ4n) is 0.801. The van der Waals surface area contributed by atoms with Crippen LogP contribution >= 0.6 is 0 Å². The van der Waals surface area contributed by atoms with Crippen molar-refractivity contribution in [3.8, 4) is 0 Å². The van der Waals surface area contributed by atoms with Gasteiger partial charge in [0, 0.05) is 19.7 Å². The van der Waals surface area contributed by atoms with Gasteiger partial charge in [-0.05, 0) is 0 Å². The largest absolute Gasteiger partial charge is 0.480 e. The van der Waals surface area contributed by atoms with E-state index < -0.39 is 12.0 Å². The van der Waals surface area contributed by atoms with Crippen molar-refractivity contribution in [2.24, 2.45) is 12.8 Å². The summed E-state index contributed by atoms with van der Waals surface area (Å²) in [4.78, 5) is 10.3. The van der Waals surface area contributed by atoms with E-state index in [0.717, 1.165) is 0 Å². The van der Waals surface area contributed by atoms with Crippen molar-refractivity contribution >= 4 is 5.97 Å². The molecule has 0 aliphatic carbocycles. The minimum atomic E-state index is -1.03. The molecule has 1 aromatic heterocycles. The van der Waals surface area contributed by atoms with Crippen LogP contribution < -0.4 is 5.73 Å². The molecule has 1 heterocycles. The van der Waals surface area contributed by atoms with Crippen molar-refractivity contribution in [1.82, 2.24) is 15.0 Å². The predicted octanol–water partition coefficient (Wildman–Crippen LogP) is -1.23. The Morgan fingerprint density at radius 1 is 1.92 bits per heavy atom. The lowest BCUT2D eigenvalue weighted by Crippen LogP contribution is -2.32. The topological polar surface area (TPSA) is 94.0 Å². The monoisotopic (exact) mass is 170 g/mol. The maximum Gasteiger partial charge on any atom is 0.320 e. The number of carbonyl (C=O) groups is 1. The SMILES string of the molecule is Cn1cc(C[C@H](N)C(=O)O)nn1. The van der Waals surface area contributed by atoms with Gasteiger partial charge in [0.2, 0.25) is 0 Å². The molecule has 66 valence electrons. The average Bonchev–Trinajstić information content (AvgIpc) is 2.35. The van der Waals surface area contributed by atoms with E-state index in [1.54, 1.807) is 13.2 Å². The van der Waals surface area contributed by atoms with Crippen molar-refractivity contribution in [3.63, 3.8) is 0 Å². The van der Waals surface area contributed by atoms with Gasteiger partial charge in [-0.25, -0.2) is 0 Å². The van der Waals surface area contributed by atoms with E-state index in [-0.39, 0.29) is 6.42 Å². The van der Waals surface area contributed by atoms with Gasteiger partial charge in [-0.15, -0.1) is 5.10 Å². The van der Waals surface area contributed by atoms with Gasteiger partial charge in [0.15, 0.2) is 0 Å². The van der Waals surface area contributed by atoms with Crippen LogP contribution in [0.5, 0.6) is 0 Å². The molecular weight excluding hydrogens is 160 g/mol. The van der Waals surface area contributed by atoms with Crippen molar-refractivity contribution in [2.45, 2.75) is 12.5 Å². The Hall–Kier alpha value is -1.43. The van der Waals surface area contributed by atoms with E-state index in [2.05, 4.69) is 10.3 Å². The van der Waals surface area contributed by atoms with Crippen LogP contribution in [0.15, 0.2) is 6.20 Å². The third-order valence-electron chi connectivity index (χ3n) is 1.40. The van der Waals surface area contributed by atoms with E-state index in [9.17, 15) is 4.79 Å². The lowest BCUT2D eigenvalue weighted by Gasteiger charge is -2.00. The molecule has 0 aromatic carbocycles. The molecule has 12 heavy (non-hydrogen) atoms. The number of aliphatic carboxylic acids is 1. The van der Waals surface area contributed by atoms with Gasteiger partial charge in [-0.3, -0.25) is 9.48 Å². The first-order valence-corrected chi connectivity index (χ1v) is 3.43. The summed E-state index contributed by atoms with van der Waals surface area (Å²) in [5.41, 5.74) is 5.87. The highest BCUT2D eigenvalue weighted by atomic mass is 16.4. The molecule has 0 fully saturated rings. The molecule has 3 N–H and O–H groups in total. The Morgan fingerprint density at radius 3 is 3.00 bits per heavy atom. The van der Waals surface area contributed by atoms with Crippen molar-refractivity contribution < 1.29 is 9.90 Å². The first kappa shape index (κ1) is 8.66. The van der Waals surface area contributed by atoms with E-state index in [1.165, 1.54) is 4.68 Å². The Kier molecular flexibility index (Phi) is 2.39. The molecule has 0 amide bonds. The average molecular weight is 170 g/mol. The number of carboxylic acids is 1. The molecule has 0 aliphatic heterocycles. The number of hydrogen-bond donors (Lipinski definition) is 2. The van der Waals surface area contributed by atoms with Crippen molar-refractivity contribution in [3.05, 3.63) is 11.9 Å². The van der Waals surface area contributed by atoms with Gasteiger partial charge >= 0.3 is 5.97 Å². The molecular formula is C6H10N4O2. The fraction of sp³-hybridized carbons (Fsp3) is 0.500. The smallest absolute Gasteiger partial charge is 0.320 e. The molecule has 1 rings (SSSR count). The van der Waals surface area contributed by atoms with Gasteiger partial charge in [0.25, 0.3) is 0 Å². The zero-order valence-corrected chi connectivity index (χ0v) is 6.64. The fourth-order valence-corrected chi connectivity index (χ4v) is 0.801. The lowest BCUT2D eigenvalue weighted by molar-refractivity contribution is -0.138. The highest BCUT2D eigenvalue weighted by Crippen LogP contribution is 1.95. The molecule has 0 saturated carbocycles. The van der Waals surface area contributed by atoms with Crippen LogP contribution in [-0.2, 0) is 18.3 Å². The quantitative estimate of drug-likeness (QED) is 0.592. The summed E-state index contributed by atoms with van der Waals surface area (Å²) in [6.07, 6.45) is 1.85. The zero-order chi connectivity index (χ0) is 9.14. The lowest BCUT2D eigenvalue weighted by atomic mass is 10.2. The van der Waals surface area contributed by atoms with Crippen molar-refractivity contribution in [1.29, 1.82) is 0 Å². The Labute approximate surface area is 69.0 Å². The highest BCUT2D eigenvalue weighted by molar-refractivity contribution is 5.73. The third-order valence-corrected chi connectivity index (χ3v) is 1.40. The summed E-state index contributed by atoms with van der Waals surface area (Å²) in [6.45, 7) is 0. The van der Waals surface area contributed by atoms with Crippen LogP contribution in [-0.4, -0.2) is 32.1 Å². The van der Waals surface area contributed by atoms with Gasteiger partial charge < -0.3 is 10.8 Å². The molecule has 6 heteroatoms. The predicted molar refractivity (Wildman–Crippen MR) is 40.3 cm³/mol. The summed E-state index contributed by atoms with van der Waals surface area (Å²) in [5, 5.41) is 15.8. The van der Waals surface area contributed by atoms with Crippen molar-refractivity contribution in [2.75, 3.05) is 0 Å². The number of rotatable bonds is 3. The summed E-state index contributed by atoms with van der Waals surface area (Å²) in [6, 6.07) is -0.901.